The van der Waals surface area contributed by atoms with E-state index in [1.807, 2.05) is 0 Å². The lowest BCUT2D eigenvalue weighted by Gasteiger charge is -2.44. The molecular formula is C24H23F5N8O. The molecule has 14 heteroatoms. The van der Waals surface area contributed by atoms with Crippen LogP contribution in [0.3, 0.4) is 0 Å². The van der Waals surface area contributed by atoms with Gasteiger partial charge in [-0.25, -0.2) is 23.7 Å². The van der Waals surface area contributed by atoms with E-state index in [2.05, 4.69) is 19.9 Å². The topological polar surface area (TPSA) is 132 Å². The van der Waals surface area contributed by atoms with Crippen LogP contribution in [-0.4, -0.2) is 60.5 Å². The summed E-state index contributed by atoms with van der Waals surface area (Å²) in [6, 6.07) is 2.43. The van der Waals surface area contributed by atoms with Gasteiger partial charge in [0.15, 0.2) is 29.2 Å². The highest BCUT2D eigenvalue weighted by molar-refractivity contribution is 5.81. The fourth-order valence-corrected chi connectivity index (χ4v) is 4.81. The third-order valence-corrected chi connectivity index (χ3v) is 6.65. The average Bonchev–Trinajstić information content (AvgIpc) is 3.28. The molecule has 1 aromatic carbocycles. The number of aliphatic hydroxyl groups excluding tert-OH is 1. The van der Waals surface area contributed by atoms with Gasteiger partial charge < -0.3 is 26.0 Å². The number of benzene rings is 1. The van der Waals surface area contributed by atoms with E-state index in [1.54, 1.807) is 10.6 Å². The third-order valence-electron chi connectivity index (χ3n) is 6.65. The van der Waals surface area contributed by atoms with Gasteiger partial charge in [-0.15, -0.1) is 0 Å². The predicted octanol–water partition coefficient (Wildman–Crippen LogP) is 3.02. The van der Waals surface area contributed by atoms with Crippen molar-refractivity contribution < 1.29 is 27.1 Å². The number of piperidine rings is 1. The number of nitrogens with two attached hydrogens (primary N) is 2. The number of halogens is 5. The van der Waals surface area contributed by atoms with Gasteiger partial charge in [0.1, 0.15) is 11.8 Å². The SMILES string of the molecule is Nc1ncnc2c1ncn2Cc1cc(-c2ccc(F)c(F)c2)ncc1N1CCC[C@@H](N)[C@H]1[C@H](O)C(F)(F)F. The van der Waals surface area contributed by atoms with Crippen molar-refractivity contribution in [1.82, 2.24) is 24.5 Å². The summed E-state index contributed by atoms with van der Waals surface area (Å²) in [5.74, 6) is -1.95. The van der Waals surface area contributed by atoms with Crippen molar-refractivity contribution >= 4 is 22.7 Å². The molecule has 1 aliphatic heterocycles. The van der Waals surface area contributed by atoms with Crippen LogP contribution in [0.2, 0.25) is 0 Å². The average molecular weight is 534 g/mol. The normalized spacial score (nSPS) is 19.2. The van der Waals surface area contributed by atoms with E-state index in [1.165, 1.54) is 29.8 Å². The number of aromatic nitrogens is 5. The lowest BCUT2D eigenvalue weighted by molar-refractivity contribution is -0.212. The predicted molar refractivity (Wildman–Crippen MR) is 129 cm³/mol. The van der Waals surface area contributed by atoms with Gasteiger partial charge in [-0.2, -0.15) is 13.2 Å². The van der Waals surface area contributed by atoms with Crippen LogP contribution in [-0.2, 0) is 6.54 Å². The fraction of sp³-hybridized carbons (Fsp3) is 0.333. The zero-order valence-electron chi connectivity index (χ0n) is 19.8. The molecule has 5 rings (SSSR count). The van der Waals surface area contributed by atoms with Crippen LogP contribution in [0.5, 0.6) is 0 Å². The number of hydrogen-bond donors (Lipinski definition) is 3. The molecule has 1 aliphatic rings. The molecule has 0 unspecified atom stereocenters. The Labute approximate surface area is 213 Å². The molecule has 9 nitrogen and oxygen atoms in total. The van der Waals surface area contributed by atoms with Crippen molar-refractivity contribution in [2.24, 2.45) is 5.73 Å². The third kappa shape index (κ3) is 4.72. The van der Waals surface area contributed by atoms with Gasteiger partial charge in [-0.05, 0) is 42.7 Å². The summed E-state index contributed by atoms with van der Waals surface area (Å²) in [4.78, 5) is 18.1. The molecular weight excluding hydrogens is 511 g/mol. The van der Waals surface area contributed by atoms with Gasteiger partial charge in [0.2, 0.25) is 0 Å². The van der Waals surface area contributed by atoms with E-state index in [-0.39, 0.29) is 30.2 Å². The number of aliphatic hydroxyl groups is 1. The summed E-state index contributed by atoms with van der Waals surface area (Å²) in [7, 11) is 0. The minimum atomic E-state index is -4.90. The largest absolute Gasteiger partial charge is 0.416 e. The Morgan fingerprint density at radius 2 is 1.87 bits per heavy atom. The van der Waals surface area contributed by atoms with E-state index in [0.717, 1.165) is 12.1 Å². The number of pyridine rings is 1. The first-order valence-electron chi connectivity index (χ1n) is 11.7. The van der Waals surface area contributed by atoms with Crippen LogP contribution in [0.15, 0.2) is 43.1 Å². The molecule has 5 N–H and O–H groups in total. The summed E-state index contributed by atoms with van der Waals surface area (Å²) in [6.45, 7) is 0.243. The van der Waals surface area contributed by atoms with Crippen LogP contribution in [0.4, 0.5) is 33.5 Å². The van der Waals surface area contributed by atoms with E-state index in [0.29, 0.717) is 35.3 Å². The van der Waals surface area contributed by atoms with E-state index in [4.69, 9.17) is 11.5 Å². The first-order valence-corrected chi connectivity index (χ1v) is 11.7. The summed E-state index contributed by atoms with van der Waals surface area (Å²) in [6.07, 6.45) is -2.74. The molecule has 1 saturated heterocycles. The van der Waals surface area contributed by atoms with Crippen molar-refractivity contribution in [3.05, 3.63) is 60.3 Å². The van der Waals surface area contributed by atoms with Gasteiger partial charge in [-0.1, -0.05) is 0 Å². The Kier molecular flexibility index (Phi) is 6.61. The van der Waals surface area contributed by atoms with E-state index in [9.17, 15) is 27.1 Å². The molecule has 0 amide bonds. The molecule has 0 aliphatic carbocycles. The quantitative estimate of drug-likeness (QED) is 0.333. The van der Waals surface area contributed by atoms with Crippen molar-refractivity contribution in [1.29, 1.82) is 0 Å². The molecule has 4 aromatic rings. The molecule has 4 heterocycles. The first-order chi connectivity index (χ1) is 18.0. The maximum atomic E-state index is 14.0. The molecule has 1 fully saturated rings. The van der Waals surface area contributed by atoms with Crippen LogP contribution in [0.25, 0.3) is 22.4 Å². The Balaban J connectivity index is 1.64. The number of imidazole rings is 1. The van der Waals surface area contributed by atoms with Crippen molar-refractivity contribution in [3.63, 3.8) is 0 Å². The maximum Gasteiger partial charge on any atom is 0.416 e. The minimum Gasteiger partial charge on any atom is -0.382 e. The fourth-order valence-electron chi connectivity index (χ4n) is 4.81. The van der Waals surface area contributed by atoms with Gasteiger partial charge in [0.05, 0.1) is 36.5 Å². The molecule has 0 radical (unpaired) electrons. The molecule has 3 atom stereocenters. The van der Waals surface area contributed by atoms with Gasteiger partial charge >= 0.3 is 6.18 Å². The minimum absolute atomic E-state index is 0.0576. The van der Waals surface area contributed by atoms with Crippen molar-refractivity contribution in [2.45, 2.75) is 43.8 Å². The number of nitrogen functional groups attached to an aromatic ring is 1. The van der Waals surface area contributed by atoms with Crippen LogP contribution in [0.1, 0.15) is 18.4 Å². The molecule has 0 saturated carbocycles. The van der Waals surface area contributed by atoms with Gasteiger partial charge in [0.25, 0.3) is 0 Å². The van der Waals surface area contributed by atoms with Crippen LogP contribution < -0.4 is 16.4 Å². The zero-order chi connectivity index (χ0) is 27.2. The van der Waals surface area contributed by atoms with Crippen molar-refractivity contribution in [3.8, 4) is 11.3 Å². The second kappa shape index (κ2) is 9.76. The molecule has 200 valence electrons. The van der Waals surface area contributed by atoms with Crippen LogP contribution in [0, 0.1) is 11.6 Å². The number of rotatable bonds is 5. The lowest BCUT2D eigenvalue weighted by atomic mass is 9.91. The van der Waals surface area contributed by atoms with E-state index >= 15 is 0 Å². The van der Waals surface area contributed by atoms with E-state index < -0.39 is 36.0 Å². The maximum absolute atomic E-state index is 14.0. The summed E-state index contributed by atoms with van der Waals surface area (Å²) in [5.41, 5.74) is 14.0. The second-order valence-electron chi connectivity index (χ2n) is 9.11. The lowest BCUT2D eigenvalue weighted by Crippen LogP contribution is -2.61. The van der Waals surface area contributed by atoms with Gasteiger partial charge in [0, 0.05) is 18.2 Å². The summed E-state index contributed by atoms with van der Waals surface area (Å²) < 4.78 is 70.0. The Morgan fingerprint density at radius 3 is 2.61 bits per heavy atom. The molecule has 0 bridgehead atoms. The Morgan fingerprint density at radius 1 is 1.08 bits per heavy atom. The molecule has 0 spiro atoms. The smallest absolute Gasteiger partial charge is 0.382 e. The zero-order valence-corrected chi connectivity index (χ0v) is 19.8. The second-order valence-corrected chi connectivity index (χ2v) is 9.11. The standard InChI is InChI=1S/C24H23F5N8O/c25-14-4-3-12(6-15(14)26)17-7-13(9-36-11-35-19-22(31)33-10-34-23(19)36)18(8-32-17)37-5-1-2-16(30)20(37)21(38)24(27,28)29/h3-4,6-8,10-11,16,20-21,38H,1-2,5,9,30H2,(H2,31,33,34)/t16-,20+,21+/m1/s1. The molecule has 38 heavy (non-hydrogen) atoms. The first kappa shape index (κ1) is 25.7. The Bertz CT molecular complexity index is 1480. The highest BCUT2D eigenvalue weighted by atomic mass is 19.4. The van der Waals surface area contributed by atoms with Gasteiger partial charge in [-0.3, -0.25) is 4.98 Å². The van der Waals surface area contributed by atoms with Crippen molar-refractivity contribution in [2.75, 3.05) is 17.2 Å². The monoisotopic (exact) mass is 534 g/mol. The summed E-state index contributed by atoms with van der Waals surface area (Å²) >= 11 is 0. The number of anilines is 2. The molecule has 3 aromatic heterocycles. The number of nitrogens with zero attached hydrogens (tertiary/aromatic N) is 6. The highest BCUT2D eigenvalue weighted by Crippen LogP contribution is 2.36. The number of fused-ring (bicyclic) bond motifs is 1. The highest BCUT2D eigenvalue weighted by Gasteiger charge is 2.49. The number of hydrogen-bond acceptors (Lipinski definition) is 8. The Hall–Kier alpha value is -3.91. The van der Waals surface area contributed by atoms with Crippen LogP contribution >= 0.6 is 0 Å². The summed E-state index contributed by atoms with van der Waals surface area (Å²) in [5, 5.41) is 10.2. The number of alkyl halides is 3.